The van der Waals surface area contributed by atoms with E-state index in [4.69, 9.17) is 9.47 Å². The highest BCUT2D eigenvalue weighted by molar-refractivity contribution is 5.97. The number of benzene rings is 2. The van der Waals surface area contributed by atoms with Crippen molar-refractivity contribution in [2.45, 2.75) is 19.4 Å². The maximum atomic E-state index is 12.8. The van der Waals surface area contributed by atoms with Crippen LogP contribution >= 0.6 is 0 Å². The van der Waals surface area contributed by atoms with Crippen molar-refractivity contribution in [1.29, 1.82) is 0 Å². The first-order chi connectivity index (χ1) is 13.1. The molecule has 142 valence electrons. The van der Waals surface area contributed by atoms with Gasteiger partial charge in [-0.05, 0) is 31.2 Å². The lowest BCUT2D eigenvalue weighted by Gasteiger charge is -2.33. The fourth-order valence-electron chi connectivity index (χ4n) is 3.15. The van der Waals surface area contributed by atoms with E-state index in [0.29, 0.717) is 36.8 Å². The minimum Gasteiger partial charge on any atom is -0.496 e. The molecule has 2 amide bonds. The van der Waals surface area contributed by atoms with Crippen LogP contribution in [-0.2, 0) is 16.0 Å². The van der Waals surface area contributed by atoms with E-state index in [1.54, 1.807) is 36.3 Å². The Morgan fingerprint density at radius 3 is 2.81 bits per heavy atom. The monoisotopic (exact) mass is 368 g/mol. The van der Waals surface area contributed by atoms with Crippen molar-refractivity contribution < 1.29 is 19.1 Å². The molecule has 6 heteroatoms. The molecule has 1 saturated heterocycles. The number of amides is 2. The number of rotatable bonds is 5. The Bertz CT molecular complexity index is 821. The minimum absolute atomic E-state index is 0.0371. The molecule has 0 aliphatic carbocycles. The van der Waals surface area contributed by atoms with Gasteiger partial charge in [0.2, 0.25) is 5.91 Å². The summed E-state index contributed by atoms with van der Waals surface area (Å²) in [6.45, 7) is 3.63. The molecule has 0 aromatic heterocycles. The topological polar surface area (TPSA) is 67.9 Å². The number of carbonyl (C=O) groups is 2. The van der Waals surface area contributed by atoms with Crippen molar-refractivity contribution >= 4 is 17.5 Å². The molecule has 3 rings (SSSR count). The number of hydrogen-bond donors (Lipinski definition) is 1. The number of nitrogens with one attached hydrogen (secondary N) is 1. The molecule has 1 atom stereocenters. The van der Waals surface area contributed by atoms with Gasteiger partial charge in [0.1, 0.15) is 5.75 Å². The Kier molecular flexibility index (Phi) is 6.08. The Labute approximate surface area is 159 Å². The smallest absolute Gasteiger partial charge is 0.254 e. The summed E-state index contributed by atoms with van der Waals surface area (Å²) in [6.07, 6.45) is 0.197. The molecule has 1 fully saturated rings. The maximum Gasteiger partial charge on any atom is 0.254 e. The van der Waals surface area contributed by atoms with Crippen molar-refractivity contribution in [2.75, 3.05) is 32.2 Å². The molecule has 27 heavy (non-hydrogen) atoms. The number of nitrogens with zero attached hydrogens (tertiary/aromatic N) is 1. The first-order valence-corrected chi connectivity index (χ1v) is 8.99. The van der Waals surface area contributed by atoms with Crippen LogP contribution in [0, 0.1) is 0 Å². The molecule has 2 aromatic rings. The molecule has 0 radical (unpaired) electrons. The van der Waals surface area contributed by atoms with E-state index >= 15 is 0 Å². The van der Waals surface area contributed by atoms with E-state index in [1.165, 1.54) is 0 Å². The van der Waals surface area contributed by atoms with Gasteiger partial charge in [-0.3, -0.25) is 9.59 Å². The highest BCUT2D eigenvalue weighted by atomic mass is 16.5. The fraction of sp³-hybridized carbons (Fsp3) is 0.333. The number of anilines is 1. The second-order valence-corrected chi connectivity index (χ2v) is 6.54. The predicted octanol–water partition coefficient (Wildman–Crippen LogP) is 2.74. The molecule has 0 saturated carbocycles. The summed E-state index contributed by atoms with van der Waals surface area (Å²) in [6, 6.07) is 14.5. The highest BCUT2D eigenvalue weighted by Gasteiger charge is 2.24. The summed E-state index contributed by atoms with van der Waals surface area (Å²) < 4.78 is 10.7. The second kappa shape index (κ2) is 8.68. The molecule has 1 N–H and O–H groups in total. The van der Waals surface area contributed by atoms with Gasteiger partial charge in [-0.15, -0.1) is 0 Å². The molecule has 1 aliphatic heterocycles. The summed E-state index contributed by atoms with van der Waals surface area (Å²) in [5.41, 5.74) is 1.97. The summed E-state index contributed by atoms with van der Waals surface area (Å²) in [5, 5.41) is 2.86. The van der Waals surface area contributed by atoms with Gasteiger partial charge in [0.15, 0.2) is 0 Å². The van der Waals surface area contributed by atoms with Gasteiger partial charge in [-0.2, -0.15) is 0 Å². The summed E-state index contributed by atoms with van der Waals surface area (Å²) in [7, 11) is 1.58. The highest BCUT2D eigenvalue weighted by Crippen LogP contribution is 2.19. The first kappa shape index (κ1) is 18.9. The Morgan fingerprint density at radius 2 is 2.04 bits per heavy atom. The van der Waals surface area contributed by atoms with Gasteiger partial charge in [0.05, 0.1) is 32.8 Å². The van der Waals surface area contributed by atoms with Crippen LogP contribution in [0.1, 0.15) is 22.8 Å². The number of carbonyl (C=O) groups excluding carboxylic acids is 2. The van der Waals surface area contributed by atoms with E-state index in [1.807, 2.05) is 31.2 Å². The van der Waals surface area contributed by atoms with Gasteiger partial charge < -0.3 is 19.7 Å². The molecule has 2 aromatic carbocycles. The molecular formula is C21H24N2O4. The van der Waals surface area contributed by atoms with E-state index < -0.39 is 0 Å². The van der Waals surface area contributed by atoms with E-state index in [2.05, 4.69) is 5.32 Å². The van der Waals surface area contributed by atoms with Crippen LogP contribution in [0.2, 0.25) is 0 Å². The lowest BCUT2D eigenvalue weighted by molar-refractivity contribution is -0.115. The van der Waals surface area contributed by atoms with Gasteiger partial charge in [-0.1, -0.05) is 24.3 Å². The van der Waals surface area contributed by atoms with Gasteiger partial charge >= 0.3 is 0 Å². The second-order valence-electron chi connectivity index (χ2n) is 6.54. The Balaban J connectivity index is 1.68. The summed E-state index contributed by atoms with van der Waals surface area (Å²) in [5.74, 6) is 0.466. The van der Waals surface area contributed by atoms with Crippen LogP contribution in [-0.4, -0.2) is 49.6 Å². The third kappa shape index (κ3) is 4.65. The molecule has 0 spiro atoms. The van der Waals surface area contributed by atoms with Gasteiger partial charge in [-0.25, -0.2) is 0 Å². The van der Waals surface area contributed by atoms with Crippen LogP contribution in [0.3, 0.4) is 0 Å². The van der Waals surface area contributed by atoms with Crippen LogP contribution in [0.5, 0.6) is 5.75 Å². The van der Waals surface area contributed by atoms with Crippen molar-refractivity contribution in [1.82, 2.24) is 4.90 Å². The fourth-order valence-corrected chi connectivity index (χ4v) is 3.15. The molecule has 1 unspecified atom stereocenters. The standard InChI is InChI=1S/C21H24N2O4/c1-15-14-27-11-10-23(15)21(25)17-7-5-8-18(12-17)22-20(24)13-16-6-3-4-9-19(16)26-2/h3-9,12,15H,10-11,13-14H2,1-2H3,(H,22,24). The van der Waals surface area contributed by atoms with Crippen molar-refractivity contribution in [3.8, 4) is 5.75 Å². The predicted molar refractivity (Wildman–Crippen MR) is 103 cm³/mol. The number of morpholine rings is 1. The average Bonchev–Trinajstić information content (AvgIpc) is 2.68. The van der Waals surface area contributed by atoms with E-state index in [-0.39, 0.29) is 24.3 Å². The van der Waals surface area contributed by atoms with Crippen molar-refractivity contribution in [2.24, 2.45) is 0 Å². The van der Waals surface area contributed by atoms with E-state index in [0.717, 1.165) is 5.56 Å². The van der Waals surface area contributed by atoms with Gasteiger partial charge in [0, 0.05) is 23.4 Å². The number of methoxy groups -OCH3 is 1. The Morgan fingerprint density at radius 1 is 1.22 bits per heavy atom. The lowest BCUT2D eigenvalue weighted by Crippen LogP contribution is -2.47. The molecule has 1 heterocycles. The third-order valence-corrected chi connectivity index (χ3v) is 4.57. The minimum atomic E-state index is -0.163. The molecule has 6 nitrogen and oxygen atoms in total. The van der Waals surface area contributed by atoms with Crippen molar-refractivity contribution in [3.63, 3.8) is 0 Å². The lowest BCUT2D eigenvalue weighted by atomic mass is 10.1. The summed E-state index contributed by atoms with van der Waals surface area (Å²) >= 11 is 0. The number of ether oxygens (including phenoxy) is 2. The molecule has 0 bridgehead atoms. The molecular weight excluding hydrogens is 344 g/mol. The zero-order chi connectivity index (χ0) is 19.2. The number of hydrogen-bond acceptors (Lipinski definition) is 4. The average molecular weight is 368 g/mol. The van der Waals surface area contributed by atoms with E-state index in [9.17, 15) is 9.59 Å². The normalized spacial score (nSPS) is 16.7. The maximum absolute atomic E-state index is 12.8. The largest absolute Gasteiger partial charge is 0.496 e. The molecule has 1 aliphatic rings. The zero-order valence-electron chi connectivity index (χ0n) is 15.6. The van der Waals surface area contributed by atoms with Crippen molar-refractivity contribution in [3.05, 3.63) is 59.7 Å². The Hall–Kier alpha value is -2.86. The van der Waals surface area contributed by atoms with Gasteiger partial charge in [0.25, 0.3) is 5.91 Å². The number of para-hydroxylation sites is 1. The summed E-state index contributed by atoms with van der Waals surface area (Å²) in [4.78, 5) is 27.0. The zero-order valence-corrected chi connectivity index (χ0v) is 15.6. The quantitative estimate of drug-likeness (QED) is 0.881. The third-order valence-electron chi connectivity index (χ3n) is 4.57. The van der Waals surface area contributed by atoms with Crippen LogP contribution in [0.15, 0.2) is 48.5 Å². The van der Waals surface area contributed by atoms with Crippen LogP contribution in [0.25, 0.3) is 0 Å². The van der Waals surface area contributed by atoms with Crippen LogP contribution in [0.4, 0.5) is 5.69 Å². The SMILES string of the molecule is COc1ccccc1CC(=O)Nc1cccc(C(=O)N2CCOCC2C)c1. The first-order valence-electron chi connectivity index (χ1n) is 8.99. The van der Waals surface area contributed by atoms with Crippen LogP contribution < -0.4 is 10.1 Å².